The van der Waals surface area contributed by atoms with E-state index in [4.69, 9.17) is 0 Å². The van der Waals surface area contributed by atoms with E-state index in [2.05, 4.69) is 15.3 Å². The van der Waals surface area contributed by atoms with Crippen LogP contribution in [0.1, 0.15) is 19.4 Å². The lowest BCUT2D eigenvalue weighted by molar-refractivity contribution is -0.129. The van der Waals surface area contributed by atoms with Gasteiger partial charge in [-0.25, -0.2) is 9.97 Å². The highest BCUT2D eigenvalue weighted by Crippen LogP contribution is 2.20. The fraction of sp³-hybridized carbons (Fsp3) is 0.615. The molecule has 0 bridgehead atoms. The van der Waals surface area contributed by atoms with E-state index >= 15 is 0 Å². The number of rotatable bonds is 6. The summed E-state index contributed by atoms with van der Waals surface area (Å²) in [6.07, 6.45) is 1.51. The predicted molar refractivity (Wildman–Crippen MR) is 77.5 cm³/mol. The van der Waals surface area contributed by atoms with Crippen molar-refractivity contribution in [3.63, 3.8) is 0 Å². The van der Waals surface area contributed by atoms with Crippen LogP contribution < -0.4 is 10.2 Å². The Hall–Kier alpha value is -1.85. The molecule has 1 rings (SSSR count). The van der Waals surface area contributed by atoms with E-state index in [0.29, 0.717) is 6.54 Å². The molecule has 0 aliphatic heterocycles. The van der Waals surface area contributed by atoms with Gasteiger partial charge < -0.3 is 15.1 Å². The molecule has 0 unspecified atom stereocenters. The Morgan fingerprint density at radius 3 is 2.47 bits per heavy atom. The molecule has 106 valence electrons. The first kappa shape index (κ1) is 15.2. The molecule has 0 saturated heterocycles. The lowest BCUT2D eigenvalue weighted by Crippen LogP contribution is -2.39. The molecule has 6 nitrogen and oxygen atoms in total. The molecule has 1 aromatic rings. The minimum atomic E-state index is 0.108. The van der Waals surface area contributed by atoms with Crippen molar-refractivity contribution in [2.75, 3.05) is 43.9 Å². The zero-order valence-corrected chi connectivity index (χ0v) is 12.4. The van der Waals surface area contributed by atoms with Crippen LogP contribution in [0.5, 0.6) is 0 Å². The van der Waals surface area contributed by atoms with E-state index in [1.165, 1.54) is 6.33 Å². The molecule has 6 heteroatoms. The summed E-state index contributed by atoms with van der Waals surface area (Å²) in [4.78, 5) is 24.1. The van der Waals surface area contributed by atoms with Crippen molar-refractivity contribution in [2.45, 2.75) is 20.8 Å². The van der Waals surface area contributed by atoms with Gasteiger partial charge >= 0.3 is 0 Å². The maximum absolute atomic E-state index is 12.1. The summed E-state index contributed by atoms with van der Waals surface area (Å²) in [5, 5.41) is 3.02. The summed E-state index contributed by atoms with van der Waals surface area (Å²) in [5.41, 5.74) is 0.944. The van der Waals surface area contributed by atoms with Gasteiger partial charge in [0, 0.05) is 32.7 Å². The molecule has 0 aliphatic carbocycles. The van der Waals surface area contributed by atoms with Crippen LogP contribution in [0, 0.1) is 6.92 Å². The van der Waals surface area contributed by atoms with Gasteiger partial charge in [0.1, 0.15) is 18.0 Å². The molecule has 19 heavy (non-hydrogen) atoms. The molecule has 0 spiro atoms. The Bertz CT molecular complexity index is 431. The molecule has 0 aliphatic rings. The topological polar surface area (TPSA) is 61.4 Å². The van der Waals surface area contributed by atoms with Gasteiger partial charge in [0.2, 0.25) is 5.91 Å². The highest BCUT2D eigenvalue weighted by atomic mass is 16.2. The molecule has 0 saturated carbocycles. The minimum absolute atomic E-state index is 0.108. The van der Waals surface area contributed by atoms with E-state index in [1.54, 1.807) is 0 Å². The highest BCUT2D eigenvalue weighted by molar-refractivity contribution is 5.81. The van der Waals surface area contributed by atoms with Crippen molar-refractivity contribution in [1.82, 2.24) is 14.9 Å². The van der Waals surface area contributed by atoms with Gasteiger partial charge in [-0.3, -0.25) is 4.79 Å². The lowest BCUT2D eigenvalue weighted by atomic mass is 10.3. The molecular weight excluding hydrogens is 242 g/mol. The summed E-state index contributed by atoms with van der Waals surface area (Å²) in [5.74, 6) is 1.67. The molecule has 1 amide bonds. The number of likely N-dealkylation sites (N-methyl/N-ethyl adjacent to an activating group) is 2. The summed E-state index contributed by atoms with van der Waals surface area (Å²) >= 11 is 0. The number of aromatic nitrogens is 2. The van der Waals surface area contributed by atoms with Crippen LogP contribution >= 0.6 is 0 Å². The van der Waals surface area contributed by atoms with Crippen molar-refractivity contribution in [3.05, 3.63) is 11.9 Å². The van der Waals surface area contributed by atoms with Gasteiger partial charge in [-0.15, -0.1) is 0 Å². The fourth-order valence-corrected chi connectivity index (χ4v) is 2.03. The number of hydrogen-bond acceptors (Lipinski definition) is 5. The second-order valence-corrected chi connectivity index (χ2v) is 4.34. The quantitative estimate of drug-likeness (QED) is 0.835. The Kier molecular flexibility index (Phi) is 5.54. The number of carbonyl (C=O) groups is 1. The first-order chi connectivity index (χ1) is 9.04. The third-order valence-electron chi connectivity index (χ3n) is 3.14. The normalized spacial score (nSPS) is 10.2. The van der Waals surface area contributed by atoms with Gasteiger partial charge in [-0.1, -0.05) is 0 Å². The molecular formula is C13H23N5O. The molecule has 0 radical (unpaired) electrons. The largest absolute Gasteiger partial charge is 0.373 e. The van der Waals surface area contributed by atoms with E-state index < -0.39 is 0 Å². The third-order valence-corrected chi connectivity index (χ3v) is 3.14. The molecule has 0 aromatic carbocycles. The third kappa shape index (κ3) is 3.56. The predicted octanol–water partition coefficient (Wildman–Crippen LogP) is 1.13. The minimum Gasteiger partial charge on any atom is -0.373 e. The maximum atomic E-state index is 12.1. The molecule has 0 fully saturated rings. The molecule has 1 N–H and O–H groups in total. The first-order valence-corrected chi connectivity index (χ1v) is 6.53. The zero-order valence-electron chi connectivity index (χ0n) is 12.4. The van der Waals surface area contributed by atoms with Crippen molar-refractivity contribution in [2.24, 2.45) is 0 Å². The van der Waals surface area contributed by atoms with Crippen LogP contribution in [0.3, 0.4) is 0 Å². The SMILES string of the molecule is CCN(CC)C(=O)CN(C)c1ncnc(NC)c1C. The second kappa shape index (κ2) is 6.92. The number of nitrogens with zero attached hydrogens (tertiary/aromatic N) is 4. The van der Waals surface area contributed by atoms with Crippen molar-refractivity contribution < 1.29 is 4.79 Å². The van der Waals surface area contributed by atoms with Crippen molar-refractivity contribution in [3.8, 4) is 0 Å². The summed E-state index contributed by atoms with van der Waals surface area (Å²) in [7, 11) is 3.69. The second-order valence-electron chi connectivity index (χ2n) is 4.34. The molecule has 0 atom stereocenters. The summed E-state index contributed by atoms with van der Waals surface area (Å²) in [6, 6.07) is 0. The number of carbonyl (C=O) groups excluding carboxylic acids is 1. The Labute approximate surface area is 114 Å². The van der Waals surface area contributed by atoms with Crippen molar-refractivity contribution in [1.29, 1.82) is 0 Å². The smallest absolute Gasteiger partial charge is 0.242 e. The number of amides is 1. The van der Waals surface area contributed by atoms with Crippen LogP contribution in [0.15, 0.2) is 6.33 Å². The van der Waals surface area contributed by atoms with E-state index in [-0.39, 0.29) is 5.91 Å². The van der Waals surface area contributed by atoms with Gasteiger partial charge in [-0.2, -0.15) is 0 Å². The lowest BCUT2D eigenvalue weighted by Gasteiger charge is -2.25. The maximum Gasteiger partial charge on any atom is 0.242 e. The molecule has 1 heterocycles. The number of anilines is 2. The van der Waals surface area contributed by atoms with Gasteiger partial charge in [0.15, 0.2) is 0 Å². The van der Waals surface area contributed by atoms with E-state index in [9.17, 15) is 4.79 Å². The van der Waals surface area contributed by atoms with Crippen LogP contribution in [0.2, 0.25) is 0 Å². The Balaban J connectivity index is 2.84. The zero-order chi connectivity index (χ0) is 14.4. The average molecular weight is 265 g/mol. The summed E-state index contributed by atoms with van der Waals surface area (Å²) < 4.78 is 0. The van der Waals surface area contributed by atoms with E-state index in [1.807, 2.05) is 44.7 Å². The molecule has 1 aromatic heterocycles. The fourth-order valence-electron chi connectivity index (χ4n) is 2.03. The van der Waals surface area contributed by atoms with Gasteiger partial charge in [-0.05, 0) is 20.8 Å². The standard InChI is InChI=1S/C13H23N5O/c1-6-18(7-2)11(19)8-17(5)13-10(3)12(14-4)15-9-16-13/h9H,6-8H2,1-5H3,(H,14,15,16). The summed E-state index contributed by atoms with van der Waals surface area (Å²) in [6.45, 7) is 7.69. The van der Waals surface area contributed by atoms with E-state index in [0.717, 1.165) is 30.3 Å². The van der Waals surface area contributed by atoms with Gasteiger partial charge in [0.05, 0.1) is 6.54 Å². The monoisotopic (exact) mass is 265 g/mol. The Morgan fingerprint density at radius 2 is 1.95 bits per heavy atom. The van der Waals surface area contributed by atoms with Crippen LogP contribution in [0.25, 0.3) is 0 Å². The van der Waals surface area contributed by atoms with Crippen LogP contribution in [-0.4, -0.2) is 54.5 Å². The number of hydrogen-bond donors (Lipinski definition) is 1. The van der Waals surface area contributed by atoms with Crippen LogP contribution in [0.4, 0.5) is 11.6 Å². The average Bonchev–Trinajstić information content (AvgIpc) is 2.40. The highest BCUT2D eigenvalue weighted by Gasteiger charge is 2.16. The van der Waals surface area contributed by atoms with Crippen molar-refractivity contribution >= 4 is 17.5 Å². The Morgan fingerprint density at radius 1 is 1.32 bits per heavy atom. The number of nitrogens with one attached hydrogen (secondary N) is 1. The van der Waals surface area contributed by atoms with Crippen LogP contribution in [-0.2, 0) is 4.79 Å². The first-order valence-electron chi connectivity index (χ1n) is 6.53. The van der Waals surface area contributed by atoms with Gasteiger partial charge in [0.25, 0.3) is 0 Å².